The molecule has 0 aliphatic heterocycles. The molecule has 3 N–H and O–H groups in total. The van der Waals surface area contributed by atoms with Crippen LogP contribution in [0.2, 0.25) is 0 Å². The normalized spacial score (nSPS) is 28.7. The van der Waals surface area contributed by atoms with Gasteiger partial charge in [0.25, 0.3) is 0 Å². The molecule has 0 unspecified atom stereocenters. The van der Waals surface area contributed by atoms with Gasteiger partial charge in [-0.05, 0) is 79.0 Å². The number of aryl methyl sites for hydroxylation is 1. The fourth-order valence-corrected chi connectivity index (χ4v) is 4.81. The second-order valence-electron chi connectivity index (χ2n) is 8.29. The van der Waals surface area contributed by atoms with E-state index in [1.54, 1.807) is 5.56 Å². The molecule has 1 saturated carbocycles. The largest absolute Gasteiger partial charge is 0.394 e. The van der Waals surface area contributed by atoms with Crippen molar-refractivity contribution in [1.29, 1.82) is 0 Å². The Hall–Kier alpha value is -1.64. The number of benzene rings is 2. The van der Waals surface area contributed by atoms with Gasteiger partial charge in [-0.1, -0.05) is 48.5 Å². The van der Waals surface area contributed by atoms with Gasteiger partial charge in [-0.2, -0.15) is 0 Å². The summed E-state index contributed by atoms with van der Waals surface area (Å²) in [6.45, 7) is 0.107. The summed E-state index contributed by atoms with van der Waals surface area (Å²) in [5, 5.41) is 9.51. The Morgan fingerprint density at radius 2 is 1.88 bits per heavy atom. The highest BCUT2D eigenvalue weighted by molar-refractivity contribution is 5.37. The summed E-state index contributed by atoms with van der Waals surface area (Å²) in [6.07, 6.45) is 7.83. The van der Waals surface area contributed by atoms with E-state index in [0.717, 1.165) is 25.2 Å². The predicted octanol–water partition coefficient (Wildman–Crippen LogP) is 3.99. The standard InChI is InChI=1S/C23H29NO/c24-23(16-25)11-10-22(15-23)21-9-8-19-13-18(6-7-20(19)14-21)12-17-4-2-1-3-5-17/h1-5,8-9,14,18,22,25H,6-7,10-13,15-16,24H2/t18-,22+,23-/m1/s1. The van der Waals surface area contributed by atoms with E-state index in [1.165, 1.54) is 42.4 Å². The monoisotopic (exact) mass is 335 g/mol. The lowest BCUT2D eigenvalue weighted by atomic mass is 9.79. The summed E-state index contributed by atoms with van der Waals surface area (Å²) < 4.78 is 0. The molecule has 1 fully saturated rings. The van der Waals surface area contributed by atoms with Gasteiger partial charge in [0.1, 0.15) is 0 Å². The van der Waals surface area contributed by atoms with Crippen LogP contribution >= 0.6 is 0 Å². The Kier molecular flexibility index (Phi) is 4.66. The van der Waals surface area contributed by atoms with Crippen molar-refractivity contribution in [2.75, 3.05) is 6.61 Å². The molecule has 2 nitrogen and oxygen atoms in total. The maximum absolute atomic E-state index is 9.51. The van der Waals surface area contributed by atoms with Crippen molar-refractivity contribution in [3.8, 4) is 0 Å². The highest BCUT2D eigenvalue weighted by Crippen LogP contribution is 2.40. The molecule has 132 valence electrons. The fraction of sp³-hybridized carbons (Fsp3) is 0.478. The van der Waals surface area contributed by atoms with E-state index >= 15 is 0 Å². The molecule has 4 rings (SSSR count). The van der Waals surface area contributed by atoms with E-state index in [4.69, 9.17) is 5.73 Å². The third kappa shape index (κ3) is 3.65. The van der Waals surface area contributed by atoms with Crippen LogP contribution in [0.3, 0.4) is 0 Å². The Bertz CT molecular complexity index is 726. The number of hydrogen-bond acceptors (Lipinski definition) is 2. The lowest BCUT2D eigenvalue weighted by Crippen LogP contribution is -2.40. The molecule has 2 aromatic rings. The van der Waals surface area contributed by atoms with E-state index in [0.29, 0.717) is 5.92 Å². The Balaban J connectivity index is 1.45. The highest BCUT2D eigenvalue weighted by atomic mass is 16.3. The Morgan fingerprint density at radius 1 is 1.04 bits per heavy atom. The molecule has 0 amide bonds. The number of hydrogen-bond donors (Lipinski definition) is 2. The van der Waals surface area contributed by atoms with Gasteiger partial charge in [0.05, 0.1) is 6.61 Å². The molecule has 3 atom stereocenters. The van der Waals surface area contributed by atoms with Crippen molar-refractivity contribution in [3.05, 3.63) is 70.8 Å². The fourth-order valence-electron chi connectivity index (χ4n) is 4.81. The first kappa shape index (κ1) is 16.8. The molecule has 0 radical (unpaired) electrons. The molecule has 25 heavy (non-hydrogen) atoms. The second kappa shape index (κ2) is 6.93. The number of nitrogens with two attached hydrogens (primary N) is 1. The van der Waals surface area contributed by atoms with Crippen molar-refractivity contribution in [2.24, 2.45) is 11.7 Å². The highest BCUT2D eigenvalue weighted by Gasteiger charge is 2.36. The number of rotatable bonds is 4. The van der Waals surface area contributed by atoms with Crippen molar-refractivity contribution in [3.63, 3.8) is 0 Å². The predicted molar refractivity (Wildman–Crippen MR) is 103 cm³/mol. The van der Waals surface area contributed by atoms with Gasteiger partial charge in [0, 0.05) is 5.54 Å². The summed E-state index contributed by atoms with van der Waals surface area (Å²) in [5.41, 5.74) is 11.9. The first-order chi connectivity index (χ1) is 12.1. The van der Waals surface area contributed by atoms with E-state index in [2.05, 4.69) is 48.5 Å². The zero-order valence-electron chi connectivity index (χ0n) is 15.0. The van der Waals surface area contributed by atoms with Crippen molar-refractivity contribution in [1.82, 2.24) is 0 Å². The molecule has 2 heteroatoms. The maximum atomic E-state index is 9.51. The average molecular weight is 335 g/mol. The molecule has 0 heterocycles. The van der Waals surface area contributed by atoms with Crippen molar-refractivity contribution < 1.29 is 5.11 Å². The van der Waals surface area contributed by atoms with Crippen LogP contribution in [-0.4, -0.2) is 17.3 Å². The first-order valence-corrected chi connectivity index (χ1v) is 9.70. The molecule has 2 aliphatic rings. The minimum atomic E-state index is -0.360. The first-order valence-electron chi connectivity index (χ1n) is 9.70. The lowest BCUT2D eigenvalue weighted by molar-refractivity contribution is 0.198. The van der Waals surface area contributed by atoms with Gasteiger partial charge >= 0.3 is 0 Å². The molecular formula is C23H29NO. The molecular weight excluding hydrogens is 306 g/mol. The van der Waals surface area contributed by atoms with Crippen LogP contribution in [0.4, 0.5) is 0 Å². The van der Waals surface area contributed by atoms with E-state index in [1.807, 2.05) is 0 Å². The Morgan fingerprint density at radius 3 is 2.64 bits per heavy atom. The smallest absolute Gasteiger partial charge is 0.0611 e. The van der Waals surface area contributed by atoms with E-state index < -0.39 is 0 Å². The van der Waals surface area contributed by atoms with Crippen LogP contribution in [0.15, 0.2) is 48.5 Å². The topological polar surface area (TPSA) is 46.2 Å². The molecule has 2 aliphatic carbocycles. The van der Waals surface area contributed by atoms with Crippen LogP contribution in [0.1, 0.15) is 53.9 Å². The van der Waals surface area contributed by atoms with Gasteiger partial charge in [-0.15, -0.1) is 0 Å². The lowest BCUT2D eigenvalue weighted by Gasteiger charge is -2.26. The van der Waals surface area contributed by atoms with Gasteiger partial charge < -0.3 is 10.8 Å². The summed E-state index contributed by atoms with van der Waals surface area (Å²) in [5.74, 6) is 1.28. The third-order valence-electron chi connectivity index (χ3n) is 6.36. The summed E-state index contributed by atoms with van der Waals surface area (Å²) >= 11 is 0. The van der Waals surface area contributed by atoms with Crippen LogP contribution in [0.5, 0.6) is 0 Å². The molecule has 0 saturated heterocycles. The number of fused-ring (bicyclic) bond motifs is 1. The summed E-state index contributed by atoms with van der Waals surface area (Å²) in [7, 11) is 0. The van der Waals surface area contributed by atoms with Crippen molar-refractivity contribution in [2.45, 2.75) is 56.4 Å². The van der Waals surface area contributed by atoms with E-state index in [-0.39, 0.29) is 12.1 Å². The van der Waals surface area contributed by atoms with Gasteiger partial charge in [0.2, 0.25) is 0 Å². The van der Waals surface area contributed by atoms with Gasteiger partial charge in [0.15, 0.2) is 0 Å². The molecule has 0 spiro atoms. The zero-order valence-corrected chi connectivity index (χ0v) is 15.0. The molecule has 2 aromatic carbocycles. The van der Waals surface area contributed by atoms with E-state index in [9.17, 15) is 5.11 Å². The van der Waals surface area contributed by atoms with Crippen LogP contribution in [0.25, 0.3) is 0 Å². The third-order valence-corrected chi connectivity index (χ3v) is 6.36. The molecule has 0 aromatic heterocycles. The second-order valence-corrected chi connectivity index (χ2v) is 8.29. The van der Waals surface area contributed by atoms with Gasteiger partial charge in [-0.3, -0.25) is 0 Å². The minimum Gasteiger partial charge on any atom is -0.394 e. The maximum Gasteiger partial charge on any atom is 0.0611 e. The zero-order chi connectivity index (χ0) is 17.3. The average Bonchev–Trinajstić information content (AvgIpc) is 3.05. The van der Waals surface area contributed by atoms with Crippen LogP contribution < -0.4 is 5.73 Å². The quantitative estimate of drug-likeness (QED) is 0.887. The molecule has 0 bridgehead atoms. The van der Waals surface area contributed by atoms with Gasteiger partial charge in [-0.25, -0.2) is 0 Å². The minimum absolute atomic E-state index is 0.107. The van der Waals surface area contributed by atoms with Crippen molar-refractivity contribution >= 4 is 0 Å². The SMILES string of the molecule is N[C@]1(CO)CC[C@H](c2ccc3c(c2)CC[C@H](Cc2ccccc2)C3)C1. The number of aliphatic hydroxyl groups excluding tert-OH is 1. The van der Waals surface area contributed by atoms with Crippen LogP contribution in [0, 0.1) is 5.92 Å². The Labute approximate surface area is 151 Å². The number of aliphatic hydroxyl groups is 1. The van der Waals surface area contributed by atoms with Crippen LogP contribution in [-0.2, 0) is 19.3 Å². The summed E-state index contributed by atoms with van der Waals surface area (Å²) in [6, 6.07) is 18.0. The summed E-state index contributed by atoms with van der Waals surface area (Å²) in [4.78, 5) is 0.